The van der Waals surface area contributed by atoms with Crippen LogP contribution in [0, 0.1) is 0 Å². The molecule has 0 aliphatic rings. The minimum Gasteiger partial charge on any atom is -0.368 e. The van der Waals surface area contributed by atoms with E-state index in [0.29, 0.717) is 5.15 Å². The number of benzene rings is 1. The molecule has 0 saturated heterocycles. The third-order valence-electron chi connectivity index (χ3n) is 2.76. The molecular weight excluding hydrogens is 246 g/mol. The normalized spacial score (nSPS) is 11.6. The molecule has 1 heterocycles. The van der Waals surface area contributed by atoms with E-state index in [0.717, 1.165) is 11.3 Å². The van der Waals surface area contributed by atoms with Crippen LogP contribution in [-0.4, -0.2) is 9.97 Å². The predicted molar refractivity (Wildman–Crippen MR) is 75.6 cm³/mol. The third kappa shape index (κ3) is 2.79. The summed E-state index contributed by atoms with van der Waals surface area (Å²) in [4.78, 5) is 8.03. The van der Waals surface area contributed by atoms with Crippen molar-refractivity contribution in [2.24, 2.45) is 0 Å². The molecule has 0 aliphatic heterocycles. The maximum Gasteiger partial charge on any atom is 0.221 e. The van der Waals surface area contributed by atoms with Gasteiger partial charge in [0.1, 0.15) is 5.15 Å². The van der Waals surface area contributed by atoms with Crippen molar-refractivity contribution in [3.05, 3.63) is 41.0 Å². The summed E-state index contributed by atoms with van der Waals surface area (Å²) in [7, 11) is 0. The zero-order valence-corrected chi connectivity index (χ0v) is 11.5. The minimum atomic E-state index is 0.140. The first-order chi connectivity index (χ1) is 8.36. The van der Waals surface area contributed by atoms with Gasteiger partial charge in [0, 0.05) is 11.6 Å². The molecule has 0 fully saturated rings. The average molecular weight is 262 g/mol. The predicted octanol–water partition coefficient (Wildman–Crippen LogP) is 3.68. The Morgan fingerprint density at radius 2 is 1.67 bits per heavy atom. The van der Waals surface area contributed by atoms with E-state index in [4.69, 9.17) is 17.3 Å². The topological polar surface area (TPSA) is 51.8 Å². The lowest BCUT2D eigenvalue weighted by molar-refractivity contribution is 0.590. The molecule has 0 radical (unpaired) electrons. The van der Waals surface area contributed by atoms with Crippen LogP contribution in [0.1, 0.15) is 26.3 Å². The number of halogens is 1. The van der Waals surface area contributed by atoms with E-state index < -0.39 is 0 Å². The van der Waals surface area contributed by atoms with Crippen LogP contribution in [0.5, 0.6) is 0 Å². The van der Waals surface area contributed by atoms with Gasteiger partial charge in [0.15, 0.2) is 0 Å². The van der Waals surface area contributed by atoms with Gasteiger partial charge in [-0.25, -0.2) is 9.97 Å². The summed E-state index contributed by atoms with van der Waals surface area (Å²) in [6, 6.07) is 9.96. The Balaban J connectivity index is 2.40. The molecular formula is C14H16ClN3. The first kappa shape index (κ1) is 12.8. The molecule has 2 aromatic rings. The summed E-state index contributed by atoms with van der Waals surface area (Å²) < 4.78 is 0. The van der Waals surface area contributed by atoms with Gasteiger partial charge in [-0.15, -0.1) is 0 Å². The van der Waals surface area contributed by atoms with Crippen molar-refractivity contribution in [3.63, 3.8) is 0 Å². The maximum absolute atomic E-state index is 5.87. The molecule has 18 heavy (non-hydrogen) atoms. The number of aromatic nitrogens is 2. The van der Waals surface area contributed by atoms with E-state index in [1.54, 1.807) is 6.07 Å². The van der Waals surface area contributed by atoms with E-state index in [2.05, 4.69) is 42.9 Å². The molecule has 0 aliphatic carbocycles. The van der Waals surface area contributed by atoms with E-state index in [1.807, 2.05) is 12.1 Å². The van der Waals surface area contributed by atoms with Crippen LogP contribution in [0.25, 0.3) is 11.3 Å². The Bertz CT molecular complexity index is 536. The molecule has 2 rings (SSSR count). The Hall–Kier alpha value is -1.61. The number of nitrogen functional groups attached to an aromatic ring is 1. The molecule has 3 nitrogen and oxygen atoms in total. The van der Waals surface area contributed by atoms with Crippen LogP contribution in [0.3, 0.4) is 0 Å². The number of nitrogens with zero attached hydrogens (tertiary/aromatic N) is 2. The number of hydrogen-bond acceptors (Lipinski definition) is 3. The molecule has 0 atom stereocenters. The van der Waals surface area contributed by atoms with Crippen molar-refractivity contribution in [3.8, 4) is 11.3 Å². The van der Waals surface area contributed by atoms with Gasteiger partial charge >= 0.3 is 0 Å². The van der Waals surface area contributed by atoms with E-state index in [-0.39, 0.29) is 11.4 Å². The van der Waals surface area contributed by atoms with Gasteiger partial charge in [-0.3, -0.25) is 0 Å². The highest BCUT2D eigenvalue weighted by Gasteiger charge is 2.13. The highest BCUT2D eigenvalue weighted by Crippen LogP contribution is 2.26. The van der Waals surface area contributed by atoms with Crippen LogP contribution in [0.4, 0.5) is 5.95 Å². The van der Waals surface area contributed by atoms with Crippen LogP contribution in [0.2, 0.25) is 5.15 Å². The van der Waals surface area contributed by atoms with Gasteiger partial charge in [0.25, 0.3) is 0 Å². The summed E-state index contributed by atoms with van der Waals surface area (Å²) in [5, 5.41) is 0.359. The fourth-order valence-corrected chi connectivity index (χ4v) is 1.91. The van der Waals surface area contributed by atoms with E-state index >= 15 is 0 Å². The fraction of sp³-hybridized carbons (Fsp3) is 0.286. The van der Waals surface area contributed by atoms with E-state index in [9.17, 15) is 0 Å². The van der Waals surface area contributed by atoms with Gasteiger partial charge in [-0.2, -0.15) is 0 Å². The summed E-state index contributed by atoms with van der Waals surface area (Å²) >= 11 is 5.87. The molecule has 2 N–H and O–H groups in total. The number of anilines is 1. The van der Waals surface area contributed by atoms with Crippen LogP contribution in [0.15, 0.2) is 30.3 Å². The zero-order valence-electron chi connectivity index (χ0n) is 10.7. The van der Waals surface area contributed by atoms with Crippen LogP contribution < -0.4 is 5.73 Å². The number of hydrogen-bond donors (Lipinski definition) is 1. The van der Waals surface area contributed by atoms with E-state index in [1.165, 1.54) is 5.56 Å². The molecule has 1 aromatic heterocycles. The maximum atomic E-state index is 5.87. The zero-order chi connectivity index (χ0) is 13.3. The molecule has 0 amide bonds. The van der Waals surface area contributed by atoms with Gasteiger partial charge in [0.2, 0.25) is 5.95 Å². The van der Waals surface area contributed by atoms with Crippen molar-refractivity contribution in [1.82, 2.24) is 9.97 Å². The fourth-order valence-electron chi connectivity index (χ4n) is 1.72. The van der Waals surface area contributed by atoms with Gasteiger partial charge in [-0.1, -0.05) is 56.6 Å². The molecule has 4 heteroatoms. The lowest BCUT2D eigenvalue weighted by atomic mass is 9.86. The van der Waals surface area contributed by atoms with Crippen molar-refractivity contribution >= 4 is 17.5 Å². The first-order valence-corrected chi connectivity index (χ1v) is 6.15. The first-order valence-electron chi connectivity index (χ1n) is 5.77. The Kier molecular flexibility index (Phi) is 3.26. The average Bonchev–Trinajstić information content (AvgIpc) is 2.27. The second kappa shape index (κ2) is 4.58. The highest BCUT2D eigenvalue weighted by atomic mass is 35.5. The summed E-state index contributed by atoms with van der Waals surface area (Å²) in [5.74, 6) is 0.192. The molecule has 0 bridgehead atoms. The Labute approximate surface area is 112 Å². The van der Waals surface area contributed by atoms with Crippen LogP contribution >= 0.6 is 11.6 Å². The molecule has 0 spiro atoms. The van der Waals surface area contributed by atoms with Gasteiger partial charge in [-0.05, 0) is 11.0 Å². The lowest BCUT2D eigenvalue weighted by Crippen LogP contribution is -2.10. The molecule has 1 aromatic carbocycles. The summed E-state index contributed by atoms with van der Waals surface area (Å²) in [6.07, 6.45) is 0. The smallest absolute Gasteiger partial charge is 0.221 e. The Morgan fingerprint density at radius 1 is 1.06 bits per heavy atom. The van der Waals surface area contributed by atoms with Crippen molar-refractivity contribution < 1.29 is 0 Å². The number of rotatable bonds is 1. The summed E-state index contributed by atoms with van der Waals surface area (Å²) in [5.41, 5.74) is 8.73. The minimum absolute atomic E-state index is 0.140. The van der Waals surface area contributed by atoms with Gasteiger partial charge < -0.3 is 5.73 Å². The van der Waals surface area contributed by atoms with Crippen LogP contribution in [-0.2, 0) is 5.41 Å². The molecule has 0 saturated carbocycles. The number of nitrogens with two attached hydrogens (primary N) is 1. The molecule has 94 valence electrons. The lowest BCUT2D eigenvalue weighted by Gasteiger charge is -2.19. The second-order valence-electron chi connectivity index (χ2n) is 5.26. The summed E-state index contributed by atoms with van der Waals surface area (Å²) in [6.45, 7) is 6.55. The Morgan fingerprint density at radius 3 is 2.17 bits per heavy atom. The second-order valence-corrected chi connectivity index (χ2v) is 5.65. The SMILES string of the molecule is CC(C)(C)c1ccc(-c2cc(Cl)nc(N)n2)cc1. The largest absolute Gasteiger partial charge is 0.368 e. The van der Waals surface area contributed by atoms with Gasteiger partial charge in [0.05, 0.1) is 5.69 Å². The van der Waals surface area contributed by atoms with Crippen molar-refractivity contribution in [2.45, 2.75) is 26.2 Å². The van der Waals surface area contributed by atoms with Crippen molar-refractivity contribution in [2.75, 3.05) is 5.73 Å². The molecule has 0 unspecified atom stereocenters. The standard InChI is InChI=1S/C14H16ClN3/c1-14(2,3)10-6-4-9(5-7-10)11-8-12(15)18-13(16)17-11/h4-8H,1-3H3,(H2,16,17,18). The quantitative estimate of drug-likeness (QED) is 0.797. The third-order valence-corrected chi connectivity index (χ3v) is 2.95. The van der Waals surface area contributed by atoms with Crippen molar-refractivity contribution in [1.29, 1.82) is 0 Å². The highest BCUT2D eigenvalue weighted by molar-refractivity contribution is 6.29. The monoisotopic (exact) mass is 261 g/mol.